The van der Waals surface area contributed by atoms with E-state index in [0.717, 1.165) is 30.3 Å². The summed E-state index contributed by atoms with van der Waals surface area (Å²) in [5, 5.41) is 5.50. The number of carbonyl (C=O) groups is 1. The fourth-order valence-electron chi connectivity index (χ4n) is 5.26. The largest absolute Gasteiger partial charge is 0.301 e. The molecule has 200 valence electrons. The van der Waals surface area contributed by atoms with E-state index in [4.69, 9.17) is 0 Å². The van der Waals surface area contributed by atoms with Crippen LogP contribution in [0.3, 0.4) is 0 Å². The second kappa shape index (κ2) is 11.0. The van der Waals surface area contributed by atoms with E-state index in [2.05, 4.69) is 10.0 Å². The molecule has 1 fully saturated rings. The number of carbonyl (C=O) groups excluding carboxylic acids is 1. The Morgan fingerprint density at radius 2 is 1.73 bits per heavy atom. The fourth-order valence-corrected chi connectivity index (χ4v) is 6.52. The molecule has 0 radical (unpaired) electrons. The van der Waals surface area contributed by atoms with E-state index >= 15 is 0 Å². The summed E-state index contributed by atoms with van der Waals surface area (Å²) in [6.45, 7) is 7.72. The van der Waals surface area contributed by atoms with E-state index in [1.165, 1.54) is 11.9 Å². The van der Waals surface area contributed by atoms with Gasteiger partial charge in [-0.15, -0.1) is 0 Å². The zero-order valence-corrected chi connectivity index (χ0v) is 22.3. The molecule has 0 bridgehead atoms. The van der Waals surface area contributed by atoms with Gasteiger partial charge in [0.25, 0.3) is 0 Å². The molecule has 1 atom stereocenters. The molecule has 0 aromatic heterocycles. The Labute approximate surface area is 217 Å². The van der Waals surface area contributed by atoms with Crippen molar-refractivity contribution in [3.8, 4) is 0 Å². The number of benzene rings is 2. The van der Waals surface area contributed by atoms with Crippen molar-refractivity contribution >= 4 is 21.6 Å². The summed E-state index contributed by atoms with van der Waals surface area (Å²) in [4.78, 5) is 15.0. The summed E-state index contributed by atoms with van der Waals surface area (Å²) in [5.41, 5.74) is 0.452. The molecule has 10 heteroatoms. The van der Waals surface area contributed by atoms with Crippen LogP contribution in [0, 0.1) is 11.6 Å². The van der Waals surface area contributed by atoms with Crippen LogP contribution in [0.25, 0.3) is 0 Å². The lowest BCUT2D eigenvalue weighted by Crippen LogP contribution is -2.50. The highest BCUT2D eigenvalue weighted by atomic mass is 32.2. The summed E-state index contributed by atoms with van der Waals surface area (Å²) in [5.74, 6) is -1.42. The normalized spacial score (nSPS) is 21.5. The summed E-state index contributed by atoms with van der Waals surface area (Å²) < 4.78 is 55.2. The minimum absolute atomic E-state index is 0.0616. The smallest absolute Gasteiger partial charge is 0.240 e. The molecule has 1 amide bonds. The quantitative estimate of drug-likeness (QED) is 0.516. The van der Waals surface area contributed by atoms with Crippen molar-refractivity contribution in [2.24, 2.45) is 5.10 Å². The number of halogens is 2. The number of nitrogens with zero attached hydrogens (tertiary/aromatic N) is 4. The molecule has 0 saturated carbocycles. The molecule has 2 aliphatic heterocycles. The Morgan fingerprint density at radius 1 is 1.05 bits per heavy atom. The van der Waals surface area contributed by atoms with E-state index in [1.807, 2.05) is 30.3 Å². The zero-order chi connectivity index (χ0) is 26.8. The first-order valence-corrected chi connectivity index (χ1v) is 14.2. The van der Waals surface area contributed by atoms with Crippen LogP contribution in [0.2, 0.25) is 0 Å². The number of hydrazone groups is 1. The molecule has 2 aromatic carbocycles. The predicted molar refractivity (Wildman–Crippen MR) is 139 cm³/mol. The summed E-state index contributed by atoms with van der Waals surface area (Å²) in [6.07, 6.45) is 1.53. The van der Waals surface area contributed by atoms with Gasteiger partial charge in [-0.2, -0.15) is 9.41 Å². The third-order valence-electron chi connectivity index (χ3n) is 7.29. The average Bonchev–Trinajstić information content (AvgIpc) is 3.27. The van der Waals surface area contributed by atoms with Gasteiger partial charge < -0.3 is 4.90 Å². The molecule has 2 aromatic rings. The minimum atomic E-state index is -3.27. The van der Waals surface area contributed by atoms with E-state index in [1.54, 1.807) is 18.2 Å². The summed E-state index contributed by atoms with van der Waals surface area (Å²) in [7, 11) is -3.27. The van der Waals surface area contributed by atoms with E-state index < -0.39 is 32.4 Å². The number of hydrogen-bond donors (Lipinski definition) is 0. The van der Waals surface area contributed by atoms with Crippen molar-refractivity contribution in [3.63, 3.8) is 0 Å². The maximum atomic E-state index is 14.7. The molecule has 0 unspecified atom stereocenters. The first kappa shape index (κ1) is 27.3. The highest BCUT2D eigenvalue weighted by Gasteiger charge is 2.46. The number of piperazine rings is 1. The fraction of sp³-hybridized carbons (Fsp3) is 0.481. The topological polar surface area (TPSA) is 73.3 Å². The maximum Gasteiger partial charge on any atom is 0.240 e. The summed E-state index contributed by atoms with van der Waals surface area (Å²) >= 11 is 0. The second-order valence-corrected chi connectivity index (χ2v) is 12.5. The van der Waals surface area contributed by atoms with Gasteiger partial charge in [-0.05, 0) is 57.0 Å². The molecule has 37 heavy (non-hydrogen) atoms. The van der Waals surface area contributed by atoms with Gasteiger partial charge in [0.2, 0.25) is 15.9 Å². The number of hydrogen-bond acceptors (Lipinski definition) is 5. The molecule has 4 rings (SSSR count). The van der Waals surface area contributed by atoms with Crippen molar-refractivity contribution in [3.05, 3.63) is 71.3 Å². The molecule has 0 spiro atoms. The lowest BCUT2D eigenvalue weighted by atomic mass is 9.80. The Bertz CT molecular complexity index is 1260. The van der Waals surface area contributed by atoms with E-state index in [-0.39, 0.29) is 17.9 Å². The second-order valence-electron chi connectivity index (χ2n) is 10.0. The van der Waals surface area contributed by atoms with Gasteiger partial charge in [-0.3, -0.25) is 4.79 Å². The molecule has 1 saturated heterocycles. The molecular formula is C27H34F2N4O3S. The van der Waals surface area contributed by atoms with Crippen LogP contribution in [0.5, 0.6) is 0 Å². The van der Waals surface area contributed by atoms with Crippen LogP contribution in [0.15, 0.2) is 53.6 Å². The Hall–Kier alpha value is -2.69. The van der Waals surface area contributed by atoms with Crippen molar-refractivity contribution in [1.82, 2.24) is 14.2 Å². The first-order valence-electron chi connectivity index (χ1n) is 12.6. The number of amides is 1. The molecule has 0 aliphatic carbocycles. The average molecular weight is 533 g/mol. The summed E-state index contributed by atoms with van der Waals surface area (Å²) in [6, 6.07) is 12.8. The van der Waals surface area contributed by atoms with E-state index in [9.17, 15) is 22.0 Å². The van der Waals surface area contributed by atoms with Crippen LogP contribution in [-0.4, -0.2) is 72.2 Å². The lowest BCUT2D eigenvalue weighted by Gasteiger charge is -2.38. The third-order valence-corrected chi connectivity index (χ3v) is 9.56. The van der Waals surface area contributed by atoms with Gasteiger partial charge in [0.15, 0.2) is 0 Å². The maximum absolute atomic E-state index is 14.7. The Morgan fingerprint density at radius 3 is 2.35 bits per heavy atom. The van der Waals surface area contributed by atoms with Gasteiger partial charge >= 0.3 is 0 Å². The SMILES string of the molecule is CC(=O)N1N=C(c2cc(F)ccc2F)C[C@@]1(CCCN1CCN(S(=O)(=O)C(C)C)CC1)c1ccccc1. The van der Waals surface area contributed by atoms with Crippen LogP contribution >= 0.6 is 0 Å². The van der Waals surface area contributed by atoms with Gasteiger partial charge in [0.1, 0.15) is 11.6 Å². The van der Waals surface area contributed by atoms with Crippen molar-refractivity contribution < 1.29 is 22.0 Å². The Balaban J connectivity index is 1.53. The number of sulfonamides is 1. The minimum Gasteiger partial charge on any atom is -0.301 e. The molecule has 2 aliphatic rings. The van der Waals surface area contributed by atoms with Gasteiger partial charge in [0.05, 0.1) is 16.5 Å². The van der Waals surface area contributed by atoms with Crippen LogP contribution < -0.4 is 0 Å². The van der Waals surface area contributed by atoms with E-state index in [0.29, 0.717) is 44.7 Å². The highest BCUT2D eigenvalue weighted by Crippen LogP contribution is 2.43. The molecule has 7 nitrogen and oxygen atoms in total. The molecule has 2 heterocycles. The van der Waals surface area contributed by atoms with Crippen molar-refractivity contribution in [2.45, 2.75) is 50.8 Å². The third kappa shape index (κ3) is 5.61. The molecular weight excluding hydrogens is 498 g/mol. The van der Waals surface area contributed by atoms with Crippen LogP contribution in [0.1, 0.15) is 51.2 Å². The monoisotopic (exact) mass is 532 g/mol. The van der Waals surface area contributed by atoms with Gasteiger partial charge in [0, 0.05) is 45.1 Å². The van der Waals surface area contributed by atoms with Crippen LogP contribution in [0.4, 0.5) is 8.78 Å². The van der Waals surface area contributed by atoms with Gasteiger partial charge in [-0.1, -0.05) is 30.3 Å². The standard InChI is InChI=1S/C27H34F2N4O3S/c1-20(2)37(35,36)32-16-14-31(15-17-32)13-7-12-27(22-8-5-4-6-9-22)19-26(30-33(27)21(3)34)24-18-23(28)10-11-25(24)29/h4-6,8-11,18,20H,7,12-17,19H2,1-3H3/t27-/m0/s1. The van der Waals surface area contributed by atoms with Crippen molar-refractivity contribution in [1.29, 1.82) is 0 Å². The lowest BCUT2D eigenvalue weighted by molar-refractivity contribution is -0.135. The molecule has 0 N–H and O–H groups in total. The highest BCUT2D eigenvalue weighted by molar-refractivity contribution is 7.89. The van der Waals surface area contributed by atoms with Crippen molar-refractivity contribution in [2.75, 3.05) is 32.7 Å². The van der Waals surface area contributed by atoms with Crippen LogP contribution in [-0.2, 0) is 20.4 Å². The number of rotatable bonds is 8. The Kier molecular flexibility index (Phi) is 8.11. The predicted octanol–water partition coefficient (Wildman–Crippen LogP) is 3.95. The first-order chi connectivity index (χ1) is 17.5. The van der Waals surface area contributed by atoms with Gasteiger partial charge in [-0.25, -0.2) is 22.2 Å². The zero-order valence-electron chi connectivity index (χ0n) is 21.5.